The van der Waals surface area contributed by atoms with Crippen molar-refractivity contribution in [1.29, 1.82) is 0 Å². The van der Waals surface area contributed by atoms with Crippen molar-refractivity contribution in [1.82, 2.24) is 10.6 Å². The SMILES string of the molecule is O=C(NCc1ccc(F)cc1)NC1CCCO1. The first-order valence-corrected chi connectivity index (χ1v) is 5.64. The van der Waals surface area contributed by atoms with Crippen LogP contribution in [0.5, 0.6) is 0 Å². The monoisotopic (exact) mass is 238 g/mol. The van der Waals surface area contributed by atoms with Crippen LogP contribution in [0.25, 0.3) is 0 Å². The van der Waals surface area contributed by atoms with E-state index in [0.717, 1.165) is 18.4 Å². The molecule has 1 aromatic carbocycles. The molecule has 2 amide bonds. The predicted octanol–water partition coefficient (Wildman–Crippen LogP) is 1.76. The van der Waals surface area contributed by atoms with Crippen LogP contribution in [-0.2, 0) is 11.3 Å². The van der Waals surface area contributed by atoms with E-state index in [2.05, 4.69) is 10.6 Å². The lowest BCUT2D eigenvalue weighted by molar-refractivity contribution is 0.0907. The zero-order chi connectivity index (χ0) is 12.1. The number of halogens is 1. The highest BCUT2D eigenvalue weighted by Crippen LogP contribution is 2.08. The lowest BCUT2D eigenvalue weighted by Crippen LogP contribution is -2.41. The Hall–Kier alpha value is -1.62. The Morgan fingerprint density at radius 2 is 2.18 bits per heavy atom. The maximum absolute atomic E-state index is 12.6. The van der Waals surface area contributed by atoms with Crippen molar-refractivity contribution in [3.05, 3.63) is 35.6 Å². The number of amides is 2. The second-order valence-electron chi connectivity index (χ2n) is 3.96. The number of carbonyl (C=O) groups is 1. The number of benzene rings is 1. The molecule has 0 aliphatic carbocycles. The average Bonchev–Trinajstić information content (AvgIpc) is 2.81. The summed E-state index contributed by atoms with van der Waals surface area (Å²) >= 11 is 0. The van der Waals surface area contributed by atoms with Crippen molar-refractivity contribution in [2.75, 3.05) is 6.61 Å². The van der Waals surface area contributed by atoms with Crippen LogP contribution >= 0.6 is 0 Å². The number of hydrogen-bond acceptors (Lipinski definition) is 2. The second-order valence-corrected chi connectivity index (χ2v) is 3.96. The fraction of sp³-hybridized carbons (Fsp3) is 0.417. The molecule has 0 radical (unpaired) electrons. The number of hydrogen-bond donors (Lipinski definition) is 2. The molecular formula is C12H15FN2O2. The van der Waals surface area contributed by atoms with Crippen LogP contribution < -0.4 is 10.6 Å². The highest BCUT2D eigenvalue weighted by molar-refractivity contribution is 5.74. The Bertz CT molecular complexity index is 375. The molecule has 17 heavy (non-hydrogen) atoms. The van der Waals surface area contributed by atoms with Gasteiger partial charge in [0.1, 0.15) is 12.0 Å². The highest BCUT2D eigenvalue weighted by Gasteiger charge is 2.16. The lowest BCUT2D eigenvalue weighted by Gasteiger charge is -2.12. The van der Waals surface area contributed by atoms with Gasteiger partial charge in [-0.05, 0) is 30.5 Å². The smallest absolute Gasteiger partial charge is 0.317 e. The van der Waals surface area contributed by atoms with Gasteiger partial charge in [-0.1, -0.05) is 12.1 Å². The molecule has 2 rings (SSSR count). The van der Waals surface area contributed by atoms with Crippen LogP contribution in [0, 0.1) is 5.82 Å². The summed E-state index contributed by atoms with van der Waals surface area (Å²) in [7, 11) is 0. The van der Waals surface area contributed by atoms with E-state index in [9.17, 15) is 9.18 Å². The Balaban J connectivity index is 1.73. The van der Waals surface area contributed by atoms with Crippen LogP contribution in [0.1, 0.15) is 18.4 Å². The van der Waals surface area contributed by atoms with Gasteiger partial charge in [0.15, 0.2) is 0 Å². The van der Waals surface area contributed by atoms with Gasteiger partial charge < -0.3 is 15.4 Å². The van der Waals surface area contributed by atoms with E-state index in [0.29, 0.717) is 13.2 Å². The summed E-state index contributed by atoms with van der Waals surface area (Å²) in [6.07, 6.45) is 1.65. The lowest BCUT2D eigenvalue weighted by atomic mass is 10.2. The molecule has 0 aromatic heterocycles. The van der Waals surface area contributed by atoms with Crippen molar-refractivity contribution in [2.24, 2.45) is 0 Å². The minimum atomic E-state index is -0.280. The molecule has 2 N–H and O–H groups in total. The van der Waals surface area contributed by atoms with Crippen molar-refractivity contribution in [3.8, 4) is 0 Å². The quantitative estimate of drug-likeness (QED) is 0.843. The van der Waals surface area contributed by atoms with E-state index in [1.807, 2.05) is 0 Å². The van der Waals surface area contributed by atoms with Crippen LogP contribution in [0.3, 0.4) is 0 Å². The Kier molecular flexibility index (Phi) is 3.93. The molecule has 1 aromatic rings. The van der Waals surface area contributed by atoms with E-state index >= 15 is 0 Å². The van der Waals surface area contributed by atoms with Gasteiger partial charge in [-0.3, -0.25) is 0 Å². The molecule has 5 heteroatoms. The average molecular weight is 238 g/mol. The van der Waals surface area contributed by atoms with Crippen LogP contribution in [-0.4, -0.2) is 18.9 Å². The normalized spacial score (nSPS) is 19.0. The van der Waals surface area contributed by atoms with Crippen molar-refractivity contribution >= 4 is 6.03 Å². The summed E-state index contributed by atoms with van der Waals surface area (Å²) in [6, 6.07) is 5.76. The van der Waals surface area contributed by atoms with Gasteiger partial charge in [0.2, 0.25) is 0 Å². The van der Waals surface area contributed by atoms with E-state index in [4.69, 9.17) is 4.74 Å². The number of carbonyl (C=O) groups excluding carboxylic acids is 1. The Morgan fingerprint density at radius 1 is 1.41 bits per heavy atom. The molecule has 0 bridgehead atoms. The van der Waals surface area contributed by atoms with Gasteiger partial charge in [-0.15, -0.1) is 0 Å². The third kappa shape index (κ3) is 3.71. The van der Waals surface area contributed by atoms with Crippen LogP contribution in [0.4, 0.5) is 9.18 Å². The number of ether oxygens (including phenoxy) is 1. The molecule has 92 valence electrons. The van der Waals surface area contributed by atoms with Gasteiger partial charge in [0, 0.05) is 13.2 Å². The number of nitrogens with one attached hydrogen (secondary N) is 2. The molecule has 4 nitrogen and oxygen atoms in total. The first-order valence-electron chi connectivity index (χ1n) is 5.64. The van der Waals surface area contributed by atoms with E-state index in [1.165, 1.54) is 12.1 Å². The van der Waals surface area contributed by atoms with Crippen molar-refractivity contribution in [2.45, 2.75) is 25.6 Å². The fourth-order valence-electron chi connectivity index (χ4n) is 1.67. The summed E-state index contributed by atoms with van der Waals surface area (Å²) < 4.78 is 17.9. The van der Waals surface area contributed by atoms with Gasteiger partial charge in [0.25, 0.3) is 0 Å². The minimum absolute atomic E-state index is 0.178. The molecule has 1 aliphatic rings. The van der Waals surface area contributed by atoms with E-state index < -0.39 is 0 Å². The summed E-state index contributed by atoms with van der Waals surface area (Å²) in [4.78, 5) is 11.5. The molecule has 1 saturated heterocycles. The zero-order valence-corrected chi connectivity index (χ0v) is 9.41. The standard InChI is InChI=1S/C12H15FN2O2/c13-10-5-3-9(4-6-10)8-14-12(16)15-11-2-1-7-17-11/h3-6,11H,1-2,7-8H2,(H2,14,15,16). The van der Waals surface area contributed by atoms with Gasteiger partial charge in [-0.25, -0.2) is 9.18 Å². The highest BCUT2D eigenvalue weighted by atomic mass is 19.1. The maximum Gasteiger partial charge on any atom is 0.317 e. The third-order valence-corrected chi connectivity index (χ3v) is 2.59. The summed E-state index contributed by atoms with van der Waals surface area (Å²) in [5.74, 6) is -0.280. The van der Waals surface area contributed by atoms with Crippen LogP contribution in [0.2, 0.25) is 0 Å². The fourth-order valence-corrected chi connectivity index (χ4v) is 1.67. The molecule has 0 spiro atoms. The molecule has 1 aliphatic heterocycles. The van der Waals surface area contributed by atoms with E-state index in [1.54, 1.807) is 12.1 Å². The molecular weight excluding hydrogens is 223 g/mol. The molecule has 1 unspecified atom stereocenters. The Labute approximate surface area is 99.2 Å². The molecule has 1 atom stereocenters. The van der Waals surface area contributed by atoms with Gasteiger partial charge >= 0.3 is 6.03 Å². The first kappa shape index (κ1) is 11.9. The molecule has 0 saturated carbocycles. The topological polar surface area (TPSA) is 50.4 Å². The minimum Gasteiger partial charge on any atom is -0.358 e. The molecule has 1 fully saturated rings. The van der Waals surface area contributed by atoms with Crippen molar-refractivity contribution in [3.63, 3.8) is 0 Å². The van der Waals surface area contributed by atoms with Gasteiger partial charge in [0.05, 0.1) is 0 Å². The van der Waals surface area contributed by atoms with Crippen molar-refractivity contribution < 1.29 is 13.9 Å². The third-order valence-electron chi connectivity index (χ3n) is 2.59. The number of rotatable bonds is 3. The predicted molar refractivity (Wildman–Crippen MR) is 60.7 cm³/mol. The van der Waals surface area contributed by atoms with E-state index in [-0.39, 0.29) is 18.1 Å². The summed E-state index contributed by atoms with van der Waals surface area (Å²) in [5.41, 5.74) is 0.855. The largest absolute Gasteiger partial charge is 0.358 e. The molecule has 1 heterocycles. The summed E-state index contributed by atoms with van der Waals surface area (Å²) in [6.45, 7) is 1.07. The van der Waals surface area contributed by atoms with Gasteiger partial charge in [-0.2, -0.15) is 0 Å². The Morgan fingerprint density at radius 3 is 2.82 bits per heavy atom. The zero-order valence-electron chi connectivity index (χ0n) is 9.41. The van der Waals surface area contributed by atoms with Crippen LogP contribution in [0.15, 0.2) is 24.3 Å². The second kappa shape index (κ2) is 5.63. The maximum atomic E-state index is 12.6. The summed E-state index contributed by atoms with van der Waals surface area (Å²) in [5, 5.41) is 5.41. The number of urea groups is 1. The first-order chi connectivity index (χ1) is 8.24.